The number of imidazole rings is 1. The first-order chi connectivity index (χ1) is 13.2. The number of halogens is 1. The number of hydrogen-bond donors (Lipinski definition) is 1. The molecule has 0 fully saturated rings. The van der Waals surface area contributed by atoms with Gasteiger partial charge >= 0.3 is 0 Å². The normalized spacial score (nSPS) is 12.4. The lowest BCUT2D eigenvalue weighted by molar-refractivity contribution is 0.598. The third-order valence-electron chi connectivity index (χ3n) is 4.81. The Labute approximate surface area is 164 Å². The van der Waals surface area contributed by atoms with Gasteiger partial charge in [-0.15, -0.1) is 0 Å². The van der Waals surface area contributed by atoms with Gasteiger partial charge < -0.3 is 5.32 Å². The maximum Gasteiger partial charge on any atom is 0.145 e. The lowest BCUT2D eigenvalue weighted by atomic mass is 10.1. The molecule has 0 bridgehead atoms. The van der Waals surface area contributed by atoms with Crippen LogP contribution >= 0.6 is 11.6 Å². The summed E-state index contributed by atoms with van der Waals surface area (Å²) in [6, 6.07) is 25.0. The summed E-state index contributed by atoms with van der Waals surface area (Å²) < 4.78 is 2.21. The summed E-state index contributed by atoms with van der Waals surface area (Å²) in [5, 5.41) is 4.19. The van der Waals surface area contributed by atoms with Crippen LogP contribution in [0.25, 0.3) is 28.1 Å². The van der Waals surface area contributed by atoms with Crippen molar-refractivity contribution >= 4 is 22.6 Å². The molecule has 4 aromatic rings. The molecule has 0 spiro atoms. The zero-order valence-electron chi connectivity index (χ0n) is 15.5. The second-order valence-corrected chi connectivity index (χ2v) is 7.08. The van der Waals surface area contributed by atoms with Crippen LogP contribution in [-0.2, 0) is 0 Å². The number of fused-ring (bicyclic) bond motifs is 1. The van der Waals surface area contributed by atoms with Gasteiger partial charge in [0.25, 0.3) is 0 Å². The van der Waals surface area contributed by atoms with Crippen molar-refractivity contribution in [2.45, 2.75) is 19.9 Å². The van der Waals surface area contributed by atoms with E-state index in [1.54, 1.807) is 0 Å². The zero-order chi connectivity index (χ0) is 18.8. The Kier molecular flexibility index (Phi) is 4.97. The molecular formula is C23H22ClN3. The molecule has 3 aromatic carbocycles. The molecule has 0 aliphatic rings. The highest BCUT2D eigenvalue weighted by Gasteiger charge is 2.15. The molecule has 1 N–H and O–H groups in total. The molecule has 0 aliphatic heterocycles. The summed E-state index contributed by atoms with van der Waals surface area (Å²) in [5.41, 5.74) is 5.47. The van der Waals surface area contributed by atoms with Crippen LogP contribution in [0.3, 0.4) is 0 Å². The van der Waals surface area contributed by atoms with E-state index >= 15 is 0 Å². The summed E-state index contributed by atoms with van der Waals surface area (Å²) in [6.07, 6.45) is 0. The molecule has 0 saturated heterocycles. The number of nitrogens with zero attached hydrogens (tertiary/aromatic N) is 2. The van der Waals surface area contributed by atoms with E-state index in [2.05, 4.69) is 66.2 Å². The van der Waals surface area contributed by atoms with E-state index in [4.69, 9.17) is 16.6 Å². The SMILES string of the molecule is CCNC(C)c1ccc2c(c1)nc(-c1ccc(Cl)cc1)n2-c1ccccc1. The van der Waals surface area contributed by atoms with Crippen LogP contribution in [0, 0.1) is 0 Å². The number of aromatic nitrogens is 2. The minimum Gasteiger partial charge on any atom is -0.310 e. The van der Waals surface area contributed by atoms with Crippen molar-refractivity contribution in [3.8, 4) is 17.1 Å². The molecule has 1 heterocycles. The topological polar surface area (TPSA) is 29.9 Å². The molecule has 4 rings (SSSR count). The van der Waals surface area contributed by atoms with Gasteiger partial charge in [-0.05, 0) is 67.6 Å². The fourth-order valence-corrected chi connectivity index (χ4v) is 3.55. The Morgan fingerprint density at radius 3 is 2.44 bits per heavy atom. The van der Waals surface area contributed by atoms with Crippen molar-refractivity contribution in [1.82, 2.24) is 14.9 Å². The van der Waals surface area contributed by atoms with Gasteiger partial charge in [-0.25, -0.2) is 4.98 Å². The molecule has 3 nitrogen and oxygen atoms in total. The van der Waals surface area contributed by atoms with Gasteiger partial charge in [-0.2, -0.15) is 0 Å². The average molecular weight is 376 g/mol. The molecule has 0 amide bonds. The van der Waals surface area contributed by atoms with E-state index < -0.39 is 0 Å². The molecule has 0 aliphatic carbocycles. The van der Waals surface area contributed by atoms with E-state index in [9.17, 15) is 0 Å². The largest absolute Gasteiger partial charge is 0.310 e. The van der Waals surface area contributed by atoms with Gasteiger partial charge in [0.2, 0.25) is 0 Å². The quantitative estimate of drug-likeness (QED) is 0.462. The molecule has 4 heteroatoms. The van der Waals surface area contributed by atoms with Crippen LogP contribution in [0.15, 0.2) is 72.8 Å². The first-order valence-corrected chi connectivity index (χ1v) is 9.62. The highest BCUT2D eigenvalue weighted by atomic mass is 35.5. The summed E-state index contributed by atoms with van der Waals surface area (Å²) in [7, 11) is 0. The van der Waals surface area contributed by atoms with Gasteiger partial charge in [0.15, 0.2) is 0 Å². The molecule has 1 atom stereocenters. The van der Waals surface area contributed by atoms with Crippen LogP contribution in [-0.4, -0.2) is 16.1 Å². The Hall–Kier alpha value is -2.62. The fourth-order valence-electron chi connectivity index (χ4n) is 3.42. The Bertz CT molecular complexity index is 1050. The number of para-hydroxylation sites is 1. The van der Waals surface area contributed by atoms with Crippen molar-refractivity contribution in [1.29, 1.82) is 0 Å². The van der Waals surface area contributed by atoms with Crippen molar-refractivity contribution < 1.29 is 0 Å². The minimum absolute atomic E-state index is 0.292. The van der Waals surface area contributed by atoms with Crippen molar-refractivity contribution in [3.05, 3.63) is 83.4 Å². The van der Waals surface area contributed by atoms with Gasteiger partial charge in [0.1, 0.15) is 5.82 Å². The third-order valence-corrected chi connectivity index (χ3v) is 5.06. The Balaban J connectivity index is 1.93. The highest BCUT2D eigenvalue weighted by Crippen LogP contribution is 2.30. The van der Waals surface area contributed by atoms with E-state index in [0.717, 1.165) is 39.7 Å². The van der Waals surface area contributed by atoms with Crippen LogP contribution in [0.2, 0.25) is 5.02 Å². The minimum atomic E-state index is 0.292. The lowest BCUT2D eigenvalue weighted by Gasteiger charge is -2.13. The molecule has 1 aromatic heterocycles. The number of rotatable bonds is 5. The van der Waals surface area contributed by atoms with Gasteiger partial charge in [0.05, 0.1) is 11.0 Å². The standard InChI is InChI=1S/C23H22ClN3/c1-3-25-16(2)18-11-14-22-21(15-18)26-23(17-9-12-19(24)13-10-17)27(22)20-7-5-4-6-8-20/h4-16,25H,3H2,1-2H3. The first-order valence-electron chi connectivity index (χ1n) is 9.24. The highest BCUT2D eigenvalue weighted by molar-refractivity contribution is 6.30. The van der Waals surface area contributed by atoms with Crippen LogP contribution in [0.1, 0.15) is 25.5 Å². The molecule has 1 unspecified atom stereocenters. The average Bonchev–Trinajstić information content (AvgIpc) is 3.08. The molecule has 0 saturated carbocycles. The number of benzene rings is 3. The molecule has 136 valence electrons. The van der Waals surface area contributed by atoms with Crippen molar-refractivity contribution in [2.75, 3.05) is 6.54 Å². The van der Waals surface area contributed by atoms with Crippen LogP contribution in [0.5, 0.6) is 0 Å². The number of nitrogens with one attached hydrogen (secondary N) is 1. The second-order valence-electron chi connectivity index (χ2n) is 6.64. The summed E-state index contributed by atoms with van der Waals surface area (Å²) in [6.45, 7) is 5.24. The number of hydrogen-bond acceptors (Lipinski definition) is 2. The predicted molar refractivity (Wildman–Crippen MR) is 114 cm³/mol. The van der Waals surface area contributed by atoms with Crippen LogP contribution in [0.4, 0.5) is 0 Å². The predicted octanol–water partition coefficient (Wildman–Crippen LogP) is 6.02. The Morgan fingerprint density at radius 1 is 1.00 bits per heavy atom. The van der Waals surface area contributed by atoms with E-state index in [0.29, 0.717) is 6.04 Å². The third kappa shape index (κ3) is 3.48. The molecule has 0 radical (unpaired) electrons. The monoisotopic (exact) mass is 375 g/mol. The van der Waals surface area contributed by atoms with Crippen molar-refractivity contribution in [2.24, 2.45) is 0 Å². The van der Waals surface area contributed by atoms with Gasteiger partial charge in [-0.3, -0.25) is 4.57 Å². The second kappa shape index (κ2) is 7.55. The maximum absolute atomic E-state index is 6.09. The zero-order valence-corrected chi connectivity index (χ0v) is 16.2. The molecular weight excluding hydrogens is 354 g/mol. The van der Waals surface area contributed by atoms with E-state index in [-0.39, 0.29) is 0 Å². The van der Waals surface area contributed by atoms with Crippen molar-refractivity contribution in [3.63, 3.8) is 0 Å². The summed E-state index contributed by atoms with van der Waals surface area (Å²) in [4.78, 5) is 4.98. The van der Waals surface area contributed by atoms with E-state index in [1.165, 1.54) is 5.56 Å². The smallest absolute Gasteiger partial charge is 0.145 e. The fraction of sp³-hybridized carbons (Fsp3) is 0.174. The summed E-state index contributed by atoms with van der Waals surface area (Å²) in [5.74, 6) is 0.918. The maximum atomic E-state index is 6.09. The van der Waals surface area contributed by atoms with E-state index in [1.807, 2.05) is 30.3 Å². The van der Waals surface area contributed by atoms with Gasteiger partial charge in [-0.1, -0.05) is 42.8 Å². The van der Waals surface area contributed by atoms with Crippen LogP contribution < -0.4 is 5.32 Å². The lowest BCUT2D eigenvalue weighted by Crippen LogP contribution is -2.17. The van der Waals surface area contributed by atoms with Gasteiger partial charge in [0, 0.05) is 22.3 Å². The summed E-state index contributed by atoms with van der Waals surface area (Å²) >= 11 is 6.09. The molecule has 27 heavy (non-hydrogen) atoms. The first kappa shape index (κ1) is 17.8. The Morgan fingerprint density at radius 2 is 1.74 bits per heavy atom.